The molecule has 22 heavy (non-hydrogen) atoms. The summed E-state index contributed by atoms with van der Waals surface area (Å²) in [4.78, 5) is 2.49. The monoisotopic (exact) mass is 293 g/mol. The second kappa shape index (κ2) is 7.01. The van der Waals surface area contributed by atoms with E-state index in [1.807, 2.05) is 6.07 Å². The fourth-order valence-corrected chi connectivity index (χ4v) is 2.75. The molecule has 5 nitrogen and oxygen atoms in total. The van der Waals surface area contributed by atoms with Crippen LogP contribution in [0, 0.1) is 11.3 Å². The first-order valence-corrected chi connectivity index (χ1v) is 7.62. The quantitative estimate of drug-likeness (QED) is 0.856. The Morgan fingerprint density at radius 1 is 1.14 bits per heavy atom. The van der Waals surface area contributed by atoms with E-state index < -0.39 is 0 Å². The molecule has 0 aliphatic carbocycles. The van der Waals surface area contributed by atoms with Gasteiger partial charge in [-0.2, -0.15) is 5.26 Å². The molecule has 1 aromatic carbocycles. The lowest BCUT2D eigenvalue weighted by molar-refractivity contribution is 0.253. The molecule has 112 valence electrons. The number of rotatable bonds is 5. The summed E-state index contributed by atoms with van der Waals surface area (Å²) in [5.41, 5.74) is 3.29. The van der Waals surface area contributed by atoms with Crippen LogP contribution < -0.4 is 5.32 Å². The minimum Gasteiger partial charge on any atom is -0.369 e. The molecule has 0 saturated carbocycles. The summed E-state index contributed by atoms with van der Waals surface area (Å²) < 4.78 is 0. The van der Waals surface area contributed by atoms with Crippen LogP contribution in [0.3, 0.4) is 0 Å². The van der Waals surface area contributed by atoms with Gasteiger partial charge < -0.3 is 5.32 Å². The van der Waals surface area contributed by atoms with E-state index in [2.05, 4.69) is 44.7 Å². The first-order valence-electron chi connectivity index (χ1n) is 7.62. The van der Waals surface area contributed by atoms with Gasteiger partial charge in [0.25, 0.3) is 0 Å². The Morgan fingerprint density at radius 3 is 2.77 bits per heavy atom. The summed E-state index contributed by atoms with van der Waals surface area (Å²) in [5, 5.41) is 19.7. The summed E-state index contributed by atoms with van der Waals surface area (Å²) in [6, 6.07) is 14.1. The van der Waals surface area contributed by atoms with Crippen LogP contribution >= 0.6 is 0 Å². The second-order valence-electron chi connectivity index (χ2n) is 5.49. The molecule has 1 aliphatic rings. The van der Waals surface area contributed by atoms with Crippen molar-refractivity contribution in [2.45, 2.75) is 19.4 Å². The molecular weight excluding hydrogens is 274 g/mol. The van der Waals surface area contributed by atoms with E-state index in [0.717, 1.165) is 44.8 Å². The van der Waals surface area contributed by atoms with Gasteiger partial charge in [-0.1, -0.05) is 24.3 Å². The molecule has 0 amide bonds. The molecule has 0 spiro atoms. The van der Waals surface area contributed by atoms with Gasteiger partial charge in [0.1, 0.15) is 11.9 Å². The first-order chi connectivity index (χ1) is 10.8. The molecule has 0 radical (unpaired) electrons. The lowest BCUT2D eigenvalue weighted by Gasteiger charge is -2.28. The van der Waals surface area contributed by atoms with E-state index >= 15 is 0 Å². The summed E-state index contributed by atoms with van der Waals surface area (Å²) in [7, 11) is 0. The van der Waals surface area contributed by atoms with Crippen LogP contribution in [0.5, 0.6) is 0 Å². The van der Waals surface area contributed by atoms with Crippen molar-refractivity contribution in [3.8, 4) is 6.07 Å². The number of hydrogen-bond acceptors (Lipinski definition) is 5. The predicted octanol–water partition coefficient (Wildman–Crippen LogP) is 2.21. The average molecular weight is 293 g/mol. The first kappa shape index (κ1) is 14.5. The lowest BCUT2D eigenvalue weighted by Crippen LogP contribution is -2.32. The number of nitriles is 1. The summed E-state index contributed by atoms with van der Waals surface area (Å²) in [5.74, 6) is 0.725. The van der Waals surface area contributed by atoms with Crippen LogP contribution in [0.25, 0.3) is 0 Å². The molecule has 1 aromatic heterocycles. The Kier molecular flexibility index (Phi) is 4.62. The van der Waals surface area contributed by atoms with Crippen molar-refractivity contribution in [3.63, 3.8) is 0 Å². The number of nitrogens with one attached hydrogen (secondary N) is 1. The van der Waals surface area contributed by atoms with Gasteiger partial charge in [0.2, 0.25) is 0 Å². The number of nitrogens with zero attached hydrogens (tertiary/aromatic N) is 4. The van der Waals surface area contributed by atoms with Crippen LogP contribution in [0.15, 0.2) is 36.4 Å². The van der Waals surface area contributed by atoms with Crippen LogP contribution in [-0.4, -0.2) is 34.7 Å². The van der Waals surface area contributed by atoms with Crippen LogP contribution in [0.4, 0.5) is 5.82 Å². The lowest BCUT2D eigenvalue weighted by atomic mass is 10.00. The number of hydrogen-bond donors (Lipinski definition) is 1. The SMILES string of the molecule is N#Cc1ccc(NCCCN2CCc3ccccc3C2)nn1. The fraction of sp³-hybridized carbons (Fsp3) is 0.353. The maximum atomic E-state index is 8.68. The van der Waals surface area contributed by atoms with Crippen LogP contribution in [0.1, 0.15) is 23.2 Å². The average Bonchev–Trinajstić information content (AvgIpc) is 2.59. The van der Waals surface area contributed by atoms with E-state index in [1.165, 1.54) is 11.1 Å². The van der Waals surface area contributed by atoms with Gasteiger partial charge in [0, 0.05) is 26.2 Å². The highest BCUT2D eigenvalue weighted by Crippen LogP contribution is 2.18. The molecule has 5 heteroatoms. The van der Waals surface area contributed by atoms with E-state index in [0.29, 0.717) is 5.69 Å². The molecule has 2 aromatic rings. The zero-order valence-electron chi connectivity index (χ0n) is 12.5. The summed E-state index contributed by atoms with van der Waals surface area (Å²) in [6.07, 6.45) is 2.20. The van der Waals surface area contributed by atoms with Crippen molar-refractivity contribution < 1.29 is 0 Å². The molecule has 0 unspecified atom stereocenters. The van der Waals surface area contributed by atoms with Crippen LogP contribution in [0.2, 0.25) is 0 Å². The maximum Gasteiger partial charge on any atom is 0.163 e. The summed E-state index contributed by atoms with van der Waals surface area (Å²) >= 11 is 0. The normalized spacial score (nSPS) is 14.1. The van der Waals surface area contributed by atoms with Gasteiger partial charge in [-0.15, -0.1) is 10.2 Å². The van der Waals surface area contributed by atoms with E-state index in [1.54, 1.807) is 12.1 Å². The zero-order valence-corrected chi connectivity index (χ0v) is 12.5. The third-order valence-corrected chi connectivity index (χ3v) is 3.95. The minimum atomic E-state index is 0.345. The van der Waals surface area contributed by atoms with E-state index in [9.17, 15) is 0 Å². The molecule has 0 bridgehead atoms. The van der Waals surface area contributed by atoms with Gasteiger partial charge in [0.15, 0.2) is 5.69 Å². The Labute approximate surface area is 130 Å². The Hall–Kier alpha value is -2.45. The van der Waals surface area contributed by atoms with E-state index in [-0.39, 0.29) is 0 Å². The van der Waals surface area contributed by atoms with Crippen molar-refractivity contribution in [3.05, 3.63) is 53.2 Å². The number of aromatic nitrogens is 2. The van der Waals surface area contributed by atoms with Gasteiger partial charge >= 0.3 is 0 Å². The van der Waals surface area contributed by atoms with Crippen molar-refractivity contribution in [1.29, 1.82) is 5.26 Å². The standard InChI is InChI=1S/C17H19N5/c18-12-16-6-7-17(21-20-16)19-9-3-10-22-11-8-14-4-1-2-5-15(14)13-22/h1-2,4-7H,3,8-11,13H2,(H,19,21). The third-order valence-electron chi connectivity index (χ3n) is 3.95. The molecule has 1 aliphatic heterocycles. The summed E-state index contributed by atoms with van der Waals surface area (Å²) in [6.45, 7) is 4.12. The van der Waals surface area contributed by atoms with Gasteiger partial charge in [-0.25, -0.2) is 0 Å². The van der Waals surface area contributed by atoms with E-state index in [4.69, 9.17) is 5.26 Å². The molecule has 0 saturated heterocycles. The zero-order chi connectivity index (χ0) is 15.2. The second-order valence-corrected chi connectivity index (χ2v) is 5.49. The largest absolute Gasteiger partial charge is 0.369 e. The Bertz CT molecular complexity index is 659. The van der Waals surface area contributed by atoms with Gasteiger partial charge in [0.05, 0.1) is 0 Å². The van der Waals surface area contributed by atoms with Crippen molar-refractivity contribution in [1.82, 2.24) is 15.1 Å². The fourth-order valence-electron chi connectivity index (χ4n) is 2.75. The highest BCUT2D eigenvalue weighted by atomic mass is 15.2. The van der Waals surface area contributed by atoms with Gasteiger partial charge in [-0.05, 0) is 36.1 Å². The maximum absolute atomic E-state index is 8.68. The number of anilines is 1. The Balaban J connectivity index is 1.41. The third kappa shape index (κ3) is 3.60. The van der Waals surface area contributed by atoms with Crippen molar-refractivity contribution in [2.75, 3.05) is 25.0 Å². The molecule has 1 N–H and O–H groups in total. The molecular formula is C17H19N5. The highest BCUT2D eigenvalue weighted by molar-refractivity contribution is 5.35. The predicted molar refractivity (Wildman–Crippen MR) is 85.3 cm³/mol. The number of fused-ring (bicyclic) bond motifs is 1. The van der Waals surface area contributed by atoms with Crippen molar-refractivity contribution in [2.24, 2.45) is 0 Å². The molecule has 0 atom stereocenters. The topological polar surface area (TPSA) is 64.8 Å². The van der Waals surface area contributed by atoms with Crippen LogP contribution in [-0.2, 0) is 13.0 Å². The highest BCUT2D eigenvalue weighted by Gasteiger charge is 2.14. The Morgan fingerprint density at radius 2 is 2.00 bits per heavy atom. The van der Waals surface area contributed by atoms with Gasteiger partial charge in [-0.3, -0.25) is 4.90 Å². The molecule has 3 rings (SSSR count). The smallest absolute Gasteiger partial charge is 0.163 e. The minimum absolute atomic E-state index is 0.345. The number of benzene rings is 1. The molecule has 2 heterocycles. The molecule has 0 fully saturated rings. The van der Waals surface area contributed by atoms with Crippen molar-refractivity contribution >= 4 is 5.82 Å².